The van der Waals surface area contributed by atoms with Crippen LogP contribution in [0.5, 0.6) is 0 Å². The zero-order valence-electron chi connectivity index (χ0n) is 27.5. The molecule has 0 N–H and O–H groups in total. The van der Waals surface area contributed by atoms with Gasteiger partial charge in [-0.1, -0.05) is 72.9 Å². The molecule has 4 aromatic carbocycles. The third-order valence-electron chi connectivity index (χ3n) is 8.75. The van der Waals surface area contributed by atoms with E-state index >= 15 is 0 Å². The Bertz CT molecular complexity index is 1840. The first kappa shape index (κ1) is 30.8. The van der Waals surface area contributed by atoms with Gasteiger partial charge in [-0.15, -0.1) is 0 Å². The summed E-state index contributed by atoms with van der Waals surface area (Å²) in [6.45, 7) is 9.79. The van der Waals surface area contributed by atoms with Crippen molar-refractivity contribution in [2.75, 3.05) is 38.6 Å². The van der Waals surface area contributed by atoms with Crippen molar-refractivity contribution >= 4 is 44.6 Å². The van der Waals surface area contributed by atoms with Crippen molar-refractivity contribution in [2.24, 2.45) is 7.05 Å². The van der Waals surface area contributed by atoms with E-state index in [9.17, 15) is 0 Å². The molecular weight excluding hydrogens is 569 g/mol. The molecule has 5 aromatic rings. The molecule has 0 spiro atoms. The van der Waals surface area contributed by atoms with Gasteiger partial charge in [-0.3, -0.25) is 4.90 Å². The number of fused-ring (bicyclic) bond motifs is 2. The van der Waals surface area contributed by atoms with Crippen molar-refractivity contribution in [2.45, 2.75) is 33.6 Å². The lowest BCUT2D eigenvalue weighted by atomic mass is 9.96. The molecule has 0 radical (unpaired) electrons. The second-order valence-corrected chi connectivity index (χ2v) is 13.4. The van der Waals surface area contributed by atoms with Crippen LogP contribution in [0.25, 0.3) is 33.0 Å². The molecule has 1 aliphatic rings. The zero-order valence-corrected chi connectivity index (χ0v) is 28.4. The Labute approximate surface area is 273 Å². The summed E-state index contributed by atoms with van der Waals surface area (Å²) in [5.41, 5.74) is 11.4. The molecule has 0 saturated carbocycles. The van der Waals surface area contributed by atoms with Crippen LogP contribution in [0.2, 0.25) is 0 Å². The Morgan fingerprint density at radius 2 is 1.56 bits per heavy atom. The average Bonchev–Trinajstić information content (AvgIpc) is 3.34. The maximum atomic E-state index is 2.59. The summed E-state index contributed by atoms with van der Waals surface area (Å²) in [5, 5.41) is 1.24. The molecule has 45 heavy (non-hydrogen) atoms. The highest BCUT2D eigenvalue weighted by Gasteiger charge is 2.28. The van der Waals surface area contributed by atoms with Gasteiger partial charge in [-0.2, -0.15) is 4.57 Å². The number of aryl methyl sites for hydroxylation is 3. The van der Waals surface area contributed by atoms with Gasteiger partial charge in [-0.25, -0.2) is 0 Å². The molecular formula is C40H45N4S+. The van der Waals surface area contributed by atoms with E-state index in [2.05, 4.69) is 164 Å². The quantitative estimate of drug-likeness (QED) is 0.146. The maximum absolute atomic E-state index is 2.59. The topological polar surface area (TPSA) is 13.6 Å². The van der Waals surface area contributed by atoms with Crippen molar-refractivity contribution < 1.29 is 4.57 Å². The second-order valence-electron chi connectivity index (χ2n) is 12.4. The van der Waals surface area contributed by atoms with Crippen LogP contribution in [0.1, 0.15) is 41.5 Å². The summed E-state index contributed by atoms with van der Waals surface area (Å²) in [6, 6.07) is 33.2. The van der Waals surface area contributed by atoms with Crippen LogP contribution in [-0.4, -0.2) is 43.5 Å². The summed E-state index contributed by atoms with van der Waals surface area (Å²) in [4.78, 5) is 7.32. The first-order valence-electron chi connectivity index (χ1n) is 16.1. The molecule has 0 aliphatic carbocycles. The van der Waals surface area contributed by atoms with Crippen LogP contribution in [0, 0.1) is 13.8 Å². The molecule has 0 unspecified atom stereocenters. The Hall–Kier alpha value is -4.19. The van der Waals surface area contributed by atoms with Gasteiger partial charge in [0.25, 0.3) is 5.01 Å². The standard InChI is InChI=1S/C40H45N4S/c1-7-23-43(25-14-24-41(4)5)38-27-32(34-19-11-12-20-35(34)44(38)33-17-9-8-10-18-33)28-39-42(6)36-22-21-31(26-37(36)45-39)40-29(2)15-13-16-30(40)3/h8-13,15-22,26-28H,7,14,23-25H2,1-6H3/q+1. The van der Waals surface area contributed by atoms with Gasteiger partial charge >= 0.3 is 0 Å². The monoisotopic (exact) mass is 613 g/mol. The molecule has 1 aliphatic heterocycles. The zero-order chi connectivity index (χ0) is 31.5. The van der Waals surface area contributed by atoms with E-state index in [0.717, 1.165) is 32.5 Å². The van der Waals surface area contributed by atoms with E-state index in [1.165, 1.54) is 65.8 Å². The lowest BCUT2D eigenvalue weighted by Gasteiger charge is -2.40. The van der Waals surface area contributed by atoms with Crippen molar-refractivity contribution in [3.8, 4) is 11.1 Å². The van der Waals surface area contributed by atoms with E-state index < -0.39 is 0 Å². The Morgan fingerprint density at radius 1 is 0.822 bits per heavy atom. The van der Waals surface area contributed by atoms with Gasteiger partial charge in [0.05, 0.1) is 5.69 Å². The molecule has 230 valence electrons. The molecule has 0 amide bonds. The van der Waals surface area contributed by atoms with Crippen molar-refractivity contribution in [3.05, 3.63) is 125 Å². The Kier molecular flexibility index (Phi) is 9.20. The van der Waals surface area contributed by atoms with Gasteiger partial charge in [0.2, 0.25) is 5.52 Å². The van der Waals surface area contributed by atoms with Crippen molar-refractivity contribution in [1.82, 2.24) is 9.80 Å². The Balaban J connectivity index is 1.49. The maximum Gasteiger partial charge on any atom is 0.263 e. The number of anilines is 2. The second kappa shape index (κ2) is 13.4. The van der Waals surface area contributed by atoms with Gasteiger partial charge < -0.3 is 9.80 Å². The largest absolute Gasteiger partial charge is 0.358 e. The SMILES string of the molecule is CCCN(CCCN(C)C)C1=CC(=Cc2sc3cc(-c4c(C)cccc4C)ccc3[n+]2C)c2ccccc2N1c1ccccc1. The van der Waals surface area contributed by atoms with Gasteiger partial charge in [0.1, 0.15) is 17.6 Å². The van der Waals surface area contributed by atoms with Crippen molar-refractivity contribution in [3.63, 3.8) is 0 Å². The fraction of sp³-hybridized carbons (Fsp3) is 0.275. The molecule has 0 fully saturated rings. The highest BCUT2D eigenvalue weighted by atomic mass is 32.1. The lowest BCUT2D eigenvalue weighted by molar-refractivity contribution is -0.642. The summed E-state index contributed by atoms with van der Waals surface area (Å²) in [5.74, 6) is 1.24. The molecule has 1 aromatic heterocycles. The first-order valence-corrected chi connectivity index (χ1v) is 16.9. The van der Waals surface area contributed by atoms with E-state index in [1.807, 2.05) is 11.3 Å². The summed E-state index contributed by atoms with van der Waals surface area (Å²) >= 11 is 1.87. The van der Waals surface area contributed by atoms with Crippen LogP contribution in [-0.2, 0) is 7.05 Å². The van der Waals surface area contributed by atoms with Gasteiger partial charge in [-0.05, 0) is 112 Å². The number of aromatic nitrogens is 1. The fourth-order valence-electron chi connectivity index (χ4n) is 6.56. The minimum atomic E-state index is 1.01. The van der Waals surface area contributed by atoms with E-state index in [4.69, 9.17) is 0 Å². The van der Waals surface area contributed by atoms with Gasteiger partial charge in [0, 0.05) is 36.5 Å². The number of hydrogen-bond donors (Lipinski definition) is 0. The predicted molar refractivity (Wildman–Crippen MR) is 194 cm³/mol. The third kappa shape index (κ3) is 6.33. The number of thiazole rings is 1. The molecule has 4 nitrogen and oxygen atoms in total. The molecule has 0 saturated heterocycles. The summed E-state index contributed by atoms with van der Waals surface area (Å²) in [6.07, 6.45) is 7.03. The number of hydrogen-bond acceptors (Lipinski definition) is 4. The van der Waals surface area contributed by atoms with Crippen LogP contribution in [0.15, 0.2) is 103 Å². The van der Waals surface area contributed by atoms with Crippen molar-refractivity contribution in [1.29, 1.82) is 0 Å². The molecule has 6 rings (SSSR count). The summed E-state index contributed by atoms with van der Waals surface area (Å²) in [7, 11) is 6.52. The highest BCUT2D eigenvalue weighted by Crippen LogP contribution is 2.43. The first-order chi connectivity index (χ1) is 21.9. The minimum absolute atomic E-state index is 1.01. The average molecular weight is 614 g/mol. The highest BCUT2D eigenvalue weighted by molar-refractivity contribution is 7.19. The van der Waals surface area contributed by atoms with Crippen LogP contribution < -0.4 is 9.47 Å². The van der Waals surface area contributed by atoms with Crippen LogP contribution in [0.3, 0.4) is 0 Å². The smallest absolute Gasteiger partial charge is 0.263 e. The number of allylic oxidation sites excluding steroid dienone is 2. The summed E-state index contributed by atoms with van der Waals surface area (Å²) < 4.78 is 3.65. The number of benzene rings is 4. The van der Waals surface area contributed by atoms with Crippen LogP contribution >= 0.6 is 11.3 Å². The molecule has 2 heterocycles. The fourth-order valence-corrected chi connectivity index (χ4v) is 7.71. The molecule has 5 heteroatoms. The third-order valence-corrected chi connectivity index (χ3v) is 9.90. The lowest BCUT2D eigenvalue weighted by Crippen LogP contribution is -2.37. The minimum Gasteiger partial charge on any atom is -0.358 e. The predicted octanol–water partition coefficient (Wildman–Crippen LogP) is 9.21. The molecule has 0 bridgehead atoms. The number of rotatable bonds is 10. The molecule has 0 atom stereocenters. The normalized spacial score (nSPS) is 13.9. The van der Waals surface area contributed by atoms with Crippen LogP contribution in [0.4, 0.5) is 11.4 Å². The Morgan fingerprint density at radius 3 is 2.29 bits per heavy atom. The van der Waals surface area contributed by atoms with E-state index in [1.54, 1.807) is 0 Å². The van der Waals surface area contributed by atoms with E-state index in [-0.39, 0.29) is 0 Å². The van der Waals surface area contributed by atoms with Gasteiger partial charge in [0.15, 0.2) is 0 Å². The number of para-hydroxylation sites is 2. The van der Waals surface area contributed by atoms with E-state index in [0.29, 0.717) is 0 Å². The number of nitrogens with zero attached hydrogens (tertiary/aromatic N) is 4.